The highest BCUT2D eigenvalue weighted by atomic mass is 19.1. The number of amides is 1. The molecule has 2 aliphatic heterocycles. The molecule has 2 atom stereocenters. The second-order valence-electron chi connectivity index (χ2n) is 6.52. The molecule has 23 heavy (non-hydrogen) atoms. The molecule has 0 bridgehead atoms. The van der Waals surface area contributed by atoms with Crippen LogP contribution in [0.2, 0.25) is 0 Å². The maximum atomic E-state index is 14.2. The van der Waals surface area contributed by atoms with Gasteiger partial charge in [0.2, 0.25) is 5.91 Å². The molecule has 5 heteroatoms. The summed E-state index contributed by atoms with van der Waals surface area (Å²) < 4.78 is 14.2. The number of hydrogen-bond acceptors (Lipinski definition) is 3. The Hall–Kier alpha value is -1.93. The summed E-state index contributed by atoms with van der Waals surface area (Å²) in [6.07, 6.45) is 4.24. The van der Waals surface area contributed by atoms with Crippen LogP contribution in [0.4, 0.5) is 4.39 Å². The topological polar surface area (TPSA) is 47.3 Å². The second kappa shape index (κ2) is 6.67. The Kier molecular flexibility index (Phi) is 4.63. The van der Waals surface area contributed by atoms with Crippen LogP contribution in [-0.2, 0) is 11.3 Å². The van der Waals surface area contributed by atoms with E-state index in [4.69, 9.17) is 5.26 Å². The average molecular weight is 315 g/mol. The molecule has 2 saturated heterocycles. The van der Waals surface area contributed by atoms with Crippen LogP contribution in [0.25, 0.3) is 0 Å². The van der Waals surface area contributed by atoms with Crippen LogP contribution in [0.3, 0.4) is 0 Å². The molecule has 0 saturated carbocycles. The lowest BCUT2D eigenvalue weighted by atomic mass is 10.0. The summed E-state index contributed by atoms with van der Waals surface area (Å²) in [6, 6.07) is 7.22. The quantitative estimate of drug-likeness (QED) is 0.861. The molecule has 1 aromatic rings. The van der Waals surface area contributed by atoms with E-state index in [9.17, 15) is 9.18 Å². The van der Waals surface area contributed by atoms with Gasteiger partial charge in [0.25, 0.3) is 0 Å². The zero-order chi connectivity index (χ0) is 16.4. The van der Waals surface area contributed by atoms with E-state index in [1.807, 2.05) is 11.0 Å². The van der Waals surface area contributed by atoms with Gasteiger partial charge in [-0.2, -0.15) is 5.26 Å². The van der Waals surface area contributed by atoms with Crippen molar-refractivity contribution in [3.05, 3.63) is 35.1 Å². The lowest BCUT2D eigenvalue weighted by Gasteiger charge is -2.34. The van der Waals surface area contributed by atoms with Gasteiger partial charge in [0, 0.05) is 37.7 Å². The van der Waals surface area contributed by atoms with Gasteiger partial charge in [0.05, 0.1) is 11.6 Å². The van der Waals surface area contributed by atoms with Crippen LogP contribution in [-0.4, -0.2) is 40.9 Å². The van der Waals surface area contributed by atoms with Crippen LogP contribution in [0.1, 0.15) is 43.7 Å². The van der Waals surface area contributed by atoms with Crippen molar-refractivity contribution in [3.8, 4) is 6.07 Å². The molecule has 1 aromatic carbocycles. The standard InChI is InChI=1S/C18H22FN3O/c1-13(23)22-9-3-5-18(22)17-4-2-8-21(17)12-15-7-6-14(11-20)10-16(15)19/h6-7,10,17-18H,2-5,8-9,12H2,1H3. The molecule has 0 aromatic heterocycles. The predicted molar refractivity (Wildman–Crippen MR) is 85.0 cm³/mol. The maximum absolute atomic E-state index is 14.2. The van der Waals surface area contributed by atoms with Crippen molar-refractivity contribution in [2.75, 3.05) is 13.1 Å². The van der Waals surface area contributed by atoms with Gasteiger partial charge >= 0.3 is 0 Å². The summed E-state index contributed by atoms with van der Waals surface area (Å²) in [5, 5.41) is 8.84. The highest BCUT2D eigenvalue weighted by Gasteiger charge is 2.38. The fraction of sp³-hybridized carbons (Fsp3) is 0.556. The molecule has 0 aliphatic carbocycles. The molecular weight excluding hydrogens is 293 g/mol. The molecule has 3 rings (SSSR count). The minimum Gasteiger partial charge on any atom is -0.338 e. The Morgan fingerprint density at radius 1 is 1.30 bits per heavy atom. The van der Waals surface area contributed by atoms with Gasteiger partial charge in [-0.05, 0) is 44.4 Å². The van der Waals surface area contributed by atoms with Crippen LogP contribution in [0, 0.1) is 17.1 Å². The molecule has 4 nitrogen and oxygen atoms in total. The van der Waals surface area contributed by atoms with E-state index in [-0.39, 0.29) is 17.8 Å². The van der Waals surface area contributed by atoms with Crippen molar-refractivity contribution in [1.82, 2.24) is 9.80 Å². The molecule has 0 radical (unpaired) electrons. The zero-order valence-electron chi connectivity index (χ0n) is 13.5. The summed E-state index contributed by atoms with van der Waals surface area (Å²) in [7, 11) is 0. The Bertz CT molecular complexity index is 640. The first-order valence-corrected chi connectivity index (χ1v) is 8.30. The van der Waals surface area contributed by atoms with Crippen LogP contribution >= 0.6 is 0 Å². The third kappa shape index (κ3) is 3.23. The Labute approximate surface area is 136 Å². The molecule has 2 aliphatic rings. The number of carbonyl (C=O) groups is 1. The van der Waals surface area contributed by atoms with E-state index in [1.54, 1.807) is 19.1 Å². The Balaban J connectivity index is 1.75. The fourth-order valence-corrected chi connectivity index (χ4v) is 4.03. The van der Waals surface area contributed by atoms with Gasteiger partial charge in [0.1, 0.15) is 5.82 Å². The van der Waals surface area contributed by atoms with E-state index in [0.29, 0.717) is 23.7 Å². The monoisotopic (exact) mass is 315 g/mol. The number of hydrogen-bond donors (Lipinski definition) is 0. The molecule has 2 fully saturated rings. The summed E-state index contributed by atoms with van der Waals surface area (Å²) in [5.74, 6) is -0.173. The molecule has 2 unspecified atom stereocenters. The van der Waals surface area contributed by atoms with E-state index in [1.165, 1.54) is 6.07 Å². The number of halogens is 1. The summed E-state index contributed by atoms with van der Waals surface area (Å²) >= 11 is 0. The Morgan fingerprint density at radius 2 is 2.04 bits per heavy atom. The van der Waals surface area contributed by atoms with Crippen LogP contribution in [0.15, 0.2) is 18.2 Å². The van der Waals surface area contributed by atoms with Crippen molar-refractivity contribution in [2.45, 2.75) is 51.2 Å². The zero-order valence-corrected chi connectivity index (χ0v) is 13.5. The van der Waals surface area contributed by atoms with Crippen molar-refractivity contribution >= 4 is 5.91 Å². The molecule has 2 heterocycles. The van der Waals surface area contributed by atoms with Crippen LogP contribution in [0.5, 0.6) is 0 Å². The van der Waals surface area contributed by atoms with Crippen LogP contribution < -0.4 is 0 Å². The minimum atomic E-state index is -0.315. The van der Waals surface area contributed by atoms with Crippen molar-refractivity contribution in [3.63, 3.8) is 0 Å². The van der Waals surface area contributed by atoms with Gasteiger partial charge in [0.15, 0.2) is 0 Å². The summed E-state index contributed by atoms with van der Waals surface area (Å²) in [5.41, 5.74) is 0.978. The Morgan fingerprint density at radius 3 is 2.74 bits per heavy atom. The smallest absolute Gasteiger partial charge is 0.219 e. The SMILES string of the molecule is CC(=O)N1CCCC1C1CCCN1Cc1ccc(C#N)cc1F. The van der Waals surface area contributed by atoms with Gasteiger partial charge < -0.3 is 4.90 Å². The number of carbonyl (C=O) groups excluding carboxylic acids is 1. The van der Waals surface area contributed by atoms with E-state index >= 15 is 0 Å². The van der Waals surface area contributed by atoms with Gasteiger partial charge in [-0.3, -0.25) is 9.69 Å². The predicted octanol–water partition coefficient (Wildman–Crippen LogP) is 2.67. The number of benzene rings is 1. The first-order valence-electron chi connectivity index (χ1n) is 8.30. The fourth-order valence-electron chi connectivity index (χ4n) is 4.03. The lowest BCUT2D eigenvalue weighted by Crippen LogP contribution is -2.47. The first-order chi connectivity index (χ1) is 11.1. The third-order valence-electron chi connectivity index (χ3n) is 5.12. The highest BCUT2D eigenvalue weighted by Crippen LogP contribution is 2.31. The van der Waals surface area contributed by atoms with Gasteiger partial charge in [-0.1, -0.05) is 6.07 Å². The number of nitrogens with zero attached hydrogens (tertiary/aromatic N) is 3. The molecule has 1 amide bonds. The largest absolute Gasteiger partial charge is 0.338 e. The average Bonchev–Trinajstić information content (AvgIpc) is 3.17. The van der Waals surface area contributed by atoms with E-state index in [0.717, 1.165) is 38.8 Å². The summed E-state index contributed by atoms with van der Waals surface area (Å²) in [6.45, 7) is 3.96. The van der Waals surface area contributed by atoms with Crippen molar-refractivity contribution in [2.24, 2.45) is 0 Å². The normalized spacial score (nSPS) is 24.8. The minimum absolute atomic E-state index is 0.143. The molecule has 0 N–H and O–H groups in total. The maximum Gasteiger partial charge on any atom is 0.219 e. The van der Waals surface area contributed by atoms with Crippen molar-refractivity contribution in [1.29, 1.82) is 5.26 Å². The molecular formula is C18H22FN3O. The lowest BCUT2D eigenvalue weighted by molar-refractivity contribution is -0.130. The third-order valence-corrected chi connectivity index (χ3v) is 5.12. The second-order valence-corrected chi connectivity index (χ2v) is 6.52. The molecule has 0 spiro atoms. The number of likely N-dealkylation sites (tertiary alicyclic amines) is 2. The highest BCUT2D eigenvalue weighted by molar-refractivity contribution is 5.74. The number of rotatable bonds is 3. The van der Waals surface area contributed by atoms with E-state index < -0.39 is 0 Å². The number of nitriles is 1. The summed E-state index contributed by atoms with van der Waals surface area (Å²) in [4.78, 5) is 16.1. The van der Waals surface area contributed by atoms with E-state index in [2.05, 4.69) is 4.90 Å². The van der Waals surface area contributed by atoms with Gasteiger partial charge in [-0.25, -0.2) is 4.39 Å². The van der Waals surface area contributed by atoms with Crippen molar-refractivity contribution < 1.29 is 9.18 Å². The van der Waals surface area contributed by atoms with Gasteiger partial charge in [-0.15, -0.1) is 0 Å². The first kappa shape index (κ1) is 15.9. The molecule has 122 valence electrons.